The van der Waals surface area contributed by atoms with Crippen LogP contribution in [0.2, 0.25) is 4.34 Å². The first-order valence-corrected chi connectivity index (χ1v) is 9.48. The molecule has 0 spiro atoms. The van der Waals surface area contributed by atoms with E-state index in [2.05, 4.69) is 29.0 Å². The van der Waals surface area contributed by atoms with Crippen molar-refractivity contribution in [2.75, 3.05) is 26.7 Å². The summed E-state index contributed by atoms with van der Waals surface area (Å²) in [6, 6.07) is 8.27. The molecule has 3 rings (SSSR count). The van der Waals surface area contributed by atoms with Crippen molar-refractivity contribution in [2.24, 2.45) is 5.92 Å². The van der Waals surface area contributed by atoms with E-state index in [1.165, 1.54) is 37.4 Å². The fraction of sp³-hybridized carbons (Fsp3) is 0.556. The van der Waals surface area contributed by atoms with Gasteiger partial charge in [0, 0.05) is 18.0 Å². The molecule has 0 unspecified atom stereocenters. The highest BCUT2D eigenvalue weighted by atomic mass is 35.5. The van der Waals surface area contributed by atoms with Crippen LogP contribution in [0, 0.1) is 12.8 Å². The zero-order valence-electron chi connectivity index (χ0n) is 13.9. The molecule has 1 fully saturated rings. The topological polar surface area (TPSA) is 19.6 Å². The van der Waals surface area contributed by atoms with Gasteiger partial charge in [-0.3, -0.25) is 4.90 Å². The number of thiophene rings is 1. The molecule has 0 aromatic carbocycles. The van der Waals surface area contributed by atoms with Crippen molar-refractivity contribution in [1.82, 2.24) is 9.80 Å². The number of aryl methyl sites for hydroxylation is 1. The van der Waals surface area contributed by atoms with E-state index in [0.717, 1.165) is 34.9 Å². The zero-order valence-corrected chi connectivity index (χ0v) is 15.5. The van der Waals surface area contributed by atoms with Crippen LogP contribution in [0.1, 0.15) is 29.2 Å². The van der Waals surface area contributed by atoms with Crippen molar-refractivity contribution in [3.05, 3.63) is 45.0 Å². The third kappa shape index (κ3) is 5.08. The van der Waals surface area contributed by atoms with Gasteiger partial charge >= 0.3 is 0 Å². The lowest BCUT2D eigenvalue weighted by Crippen LogP contribution is -2.37. The first-order valence-electron chi connectivity index (χ1n) is 8.29. The maximum atomic E-state index is 6.01. The van der Waals surface area contributed by atoms with Crippen molar-refractivity contribution in [3.63, 3.8) is 0 Å². The van der Waals surface area contributed by atoms with Crippen LogP contribution in [-0.4, -0.2) is 36.5 Å². The minimum atomic E-state index is 0.796. The Balaban J connectivity index is 1.40. The molecule has 1 saturated heterocycles. The third-order valence-corrected chi connectivity index (χ3v) is 5.72. The summed E-state index contributed by atoms with van der Waals surface area (Å²) in [4.78, 5) is 6.29. The van der Waals surface area contributed by atoms with Gasteiger partial charge in [0.15, 0.2) is 0 Å². The third-order valence-electron chi connectivity index (χ3n) is 4.51. The fourth-order valence-electron chi connectivity index (χ4n) is 3.33. The number of halogens is 1. The molecular weight excluding hydrogens is 328 g/mol. The molecule has 5 heteroatoms. The average molecular weight is 353 g/mol. The summed E-state index contributed by atoms with van der Waals surface area (Å²) < 4.78 is 6.57. The molecule has 0 aliphatic carbocycles. The standard InChI is InChI=1S/C18H25ClN2OS/c1-14-3-4-16(22-14)12-21-9-7-15(8-10-21)11-20(2)13-17-5-6-18(19)23-17/h3-6,15H,7-13H2,1-2H3. The van der Waals surface area contributed by atoms with E-state index >= 15 is 0 Å². The molecule has 0 bridgehead atoms. The summed E-state index contributed by atoms with van der Waals surface area (Å²) in [5.74, 6) is 2.89. The summed E-state index contributed by atoms with van der Waals surface area (Å²) in [5, 5.41) is 0. The maximum Gasteiger partial charge on any atom is 0.118 e. The molecule has 3 nitrogen and oxygen atoms in total. The van der Waals surface area contributed by atoms with Gasteiger partial charge in [0.2, 0.25) is 0 Å². The van der Waals surface area contributed by atoms with Crippen LogP contribution >= 0.6 is 22.9 Å². The smallest absolute Gasteiger partial charge is 0.118 e. The van der Waals surface area contributed by atoms with Crippen molar-refractivity contribution >= 4 is 22.9 Å². The van der Waals surface area contributed by atoms with Crippen molar-refractivity contribution in [2.45, 2.75) is 32.9 Å². The van der Waals surface area contributed by atoms with E-state index in [1.54, 1.807) is 11.3 Å². The largest absolute Gasteiger partial charge is 0.465 e. The number of rotatable bonds is 6. The second-order valence-corrected chi connectivity index (χ2v) is 8.43. The van der Waals surface area contributed by atoms with Crippen LogP contribution in [0.4, 0.5) is 0 Å². The molecule has 3 heterocycles. The molecule has 2 aromatic rings. The molecule has 1 aliphatic heterocycles. The number of piperidine rings is 1. The second-order valence-electron chi connectivity index (χ2n) is 6.63. The van der Waals surface area contributed by atoms with E-state index in [9.17, 15) is 0 Å². The van der Waals surface area contributed by atoms with Crippen LogP contribution in [0.5, 0.6) is 0 Å². The minimum Gasteiger partial charge on any atom is -0.465 e. The molecule has 126 valence electrons. The van der Waals surface area contributed by atoms with Gasteiger partial charge in [0.1, 0.15) is 11.5 Å². The molecule has 0 saturated carbocycles. The first-order chi connectivity index (χ1) is 11.1. The minimum absolute atomic E-state index is 0.796. The molecule has 1 aliphatic rings. The summed E-state index contributed by atoms with van der Waals surface area (Å²) in [6.45, 7) is 7.47. The Morgan fingerprint density at radius 1 is 1.26 bits per heavy atom. The van der Waals surface area contributed by atoms with E-state index < -0.39 is 0 Å². The summed E-state index contributed by atoms with van der Waals surface area (Å²) in [7, 11) is 2.21. The van der Waals surface area contributed by atoms with Crippen molar-refractivity contribution in [3.8, 4) is 0 Å². The Morgan fingerprint density at radius 3 is 2.65 bits per heavy atom. The van der Waals surface area contributed by atoms with Gasteiger partial charge in [-0.1, -0.05) is 11.6 Å². The van der Waals surface area contributed by atoms with Crippen molar-refractivity contribution < 1.29 is 4.42 Å². The summed E-state index contributed by atoms with van der Waals surface area (Å²) in [6.07, 6.45) is 2.55. The van der Waals surface area contributed by atoms with Crippen LogP contribution in [0.25, 0.3) is 0 Å². The summed E-state index contributed by atoms with van der Waals surface area (Å²) in [5.41, 5.74) is 0. The molecule has 0 radical (unpaired) electrons. The highest BCUT2D eigenvalue weighted by molar-refractivity contribution is 7.16. The highest BCUT2D eigenvalue weighted by Gasteiger charge is 2.21. The van der Waals surface area contributed by atoms with E-state index in [0.29, 0.717) is 0 Å². The van der Waals surface area contributed by atoms with Crippen LogP contribution in [0.3, 0.4) is 0 Å². The molecule has 2 aromatic heterocycles. The fourth-order valence-corrected chi connectivity index (χ4v) is 4.49. The Labute approximate surface area is 147 Å². The van der Waals surface area contributed by atoms with Crippen LogP contribution in [0.15, 0.2) is 28.7 Å². The predicted molar refractivity (Wildman–Crippen MR) is 97.1 cm³/mol. The van der Waals surface area contributed by atoms with Crippen LogP contribution < -0.4 is 0 Å². The molecule has 0 atom stereocenters. The van der Waals surface area contributed by atoms with Crippen LogP contribution in [-0.2, 0) is 13.1 Å². The average Bonchev–Trinajstić information content (AvgIpc) is 3.10. The highest BCUT2D eigenvalue weighted by Crippen LogP contribution is 2.24. The quantitative estimate of drug-likeness (QED) is 0.754. The molecule has 0 amide bonds. The Morgan fingerprint density at radius 2 is 2.04 bits per heavy atom. The number of nitrogens with zero attached hydrogens (tertiary/aromatic N) is 2. The maximum absolute atomic E-state index is 6.01. The van der Waals surface area contributed by atoms with Gasteiger partial charge in [-0.25, -0.2) is 0 Å². The first kappa shape index (κ1) is 17.0. The van der Waals surface area contributed by atoms with Gasteiger partial charge in [0.25, 0.3) is 0 Å². The van der Waals surface area contributed by atoms with E-state index in [1.807, 2.05) is 19.1 Å². The predicted octanol–water partition coefficient (Wildman–Crippen LogP) is 4.65. The molecule has 23 heavy (non-hydrogen) atoms. The lowest BCUT2D eigenvalue weighted by molar-refractivity contribution is 0.140. The van der Waals surface area contributed by atoms with E-state index in [-0.39, 0.29) is 0 Å². The van der Waals surface area contributed by atoms with Gasteiger partial charge in [-0.2, -0.15) is 0 Å². The lowest BCUT2D eigenvalue weighted by Gasteiger charge is -2.33. The SMILES string of the molecule is Cc1ccc(CN2CCC(CN(C)Cc3ccc(Cl)s3)CC2)o1. The Hall–Kier alpha value is -0.810. The number of likely N-dealkylation sites (tertiary alicyclic amines) is 1. The van der Waals surface area contributed by atoms with Gasteiger partial charge in [0.05, 0.1) is 10.9 Å². The van der Waals surface area contributed by atoms with E-state index in [4.69, 9.17) is 16.0 Å². The van der Waals surface area contributed by atoms with Gasteiger partial charge in [-0.05, 0) is 70.1 Å². The lowest BCUT2D eigenvalue weighted by atomic mass is 9.96. The second kappa shape index (κ2) is 7.84. The van der Waals surface area contributed by atoms with Gasteiger partial charge < -0.3 is 9.32 Å². The normalized spacial score (nSPS) is 17.2. The Bertz CT molecular complexity index is 616. The number of furan rings is 1. The Kier molecular flexibility index (Phi) is 5.81. The summed E-state index contributed by atoms with van der Waals surface area (Å²) >= 11 is 7.69. The monoisotopic (exact) mass is 352 g/mol. The number of hydrogen-bond acceptors (Lipinski definition) is 4. The molecule has 0 N–H and O–H groups in total. The molecular formula is C18H25ClN2OS. The zero-order chi connectivity index (χ0) is 16.2. The van der Waals surface area contributed by atoms with Gasteiger partial charge in [-0.15, -0.1) is 11.3 Å². The number of hydrogen-bond donors (Lipinski definition) is 0. The van der Waals surface area contributed by atoms with Crippen molar-refractivity contribution in [1.29, 1.82) is 0 Å².